The van der Waals surface area contributed by atoms with E-state index < -0.39 is 0 Å². The monoisotopic (exact) mass is 351 g/mol. The maximum Gasteiger partial charge on any atom is 0.311 e. The van der Waals surface area contributed by atoms with Gasteiger partial charge in [0.05, 0.1) is 18.1 Å². The van der Waals surface area contributed by atoms with Gasteiger partial charge in [0.15, 0.2) is 0 Å². The van der Waals surface area contributed by atoms with Gasteiger partial charge in [0, 0.05) is 13.0 Å². The minimum atomic E-state index is -0.346. The third kappa shape index (κ3) is 4.13. The molecule has 2 aromatic carbocycles. The van der Waals surface area contributed by atoms with Gasteiger partial charge in [-0.2, -0.15) is 0 Å². The second-order valence-corrected chi connectivity index (χ2v) is 6.99. The highest BCUT2D eigenvalue weighted by molar-refractivity contribution is 5.82. The second-order valence-electron chi connectivity index (χ2n) is 6.99. The Labute approximate surface area is 154 Å². The summed E-state index contributed by atoms with van der Waals surface area (Å²) < 4.78 is 5.50. The van der Waals surface area contributed by atoms with Crippen molar-refractivity contribution < 1.29 is 14.3 Å². The predicted molar refractivity (Wildman–Crippen MR) is 100 cm³/mol. The molecular formula is C22H25NO3. The van der Waals surface area contributed by atoms with Crippen LogP contribution in [0.1, 0.15) is 43.9 Å². The number of hydrogen-bond acceptors (Lipinski definition) is 3. The van der Waals surface area contributed by atoms with E-state index in [2.05, 4.69) is 0 Å². The number of nitrogens with zero attached hydrogens (tertiary/aromatic N) is 1. The van der Waals surface area contributed by atoms with Crippen LogP contribution < -0.4 is 0 Å². The van der Waals surface area contributed by atoms with E-state index in [0.717, 1.165) is 11.1 Å². The van der Waals surface area contributed by atoms with E-state index in [1.165, 1.54) is 0 Å². The fraction of sp³-hybridized carbons (Fsp3) is 0.364. The van der Waals surface area contributed by atoms with Gasteiger partial charge in [0.25, 0.3) is 0 Å². The summed E-state index contributed by atoms with van der Waals surface area (Å²) in [5, 5.41) is 0. The minimum absolute atomic E-state index is 0.0799. The van der Waals surface area contributed by atoms with E-state index in [4.69, 9.17) is 4.74 Å². The van der Waals surface area contributed by atoms with E-state index in [9.17, 15) is 9.59 Å². The van der Waals surface area contributed by atoms with Crippen molar-refractivity contribution in [1.82, 2.24) is 4.90 Å². The molecule has 0 radical (unpaired) electrons. The van der Waals surface area contributed by atoms with E-state index in [0.29, 0.717) is 19.4 Å². The minimum Gasteiger partial charge on any atom is -0.463 e. The maximum atomic E-state index is 12.7. The number of carbonyl (C=O) groups excluding carboxylic acids is 2. The van der Waals surface area contributed by atoms with Gasteiger partial charge < -0.3 is 9.64 Å². The lowest BCUT2D eigenvalue weighted by Gasteiger charge is -2.40. The average molecular weight is 351 g/mol. The molecule has 1 amide bonds. The molecular weight excluding hydrogens is 326 g/mol. The molecule has 0 bridgehead atoms. The standard InChI is InChI=1S/C22H25NO3/c1-16(2)26-22(25)19-13-14-20(24)23(15-17-9-5-3-6-10-17)21(19)18-11-7-4-8-12-18/h3-12,16,19,21H,13-15H2,1-2H3. The quantitative estimate of drug-likeness (QED) is 0.761. The lowest BCUT2D eigenvalue weighted by molar-refractivity contribution is -0.160. The van der Waals surface area contributed by atoms with Crippen LogP contribution in [0, 0.1) is 5.92 Å². The van der Waals surface area contributed by atoms with Gasteiger partial charge in [-0.3, -0.25) is 9.59 Å². The van der Waals surface area contributed by atoms with Gasteiger partial charge in [-0.05, 0) is 31.4 Å². The molecule has 1 aliphatic heterocycles. The lowest BCUT2D eigenvalue weighted by atomic mass is 9.84. The zero-order valence-corrected chi connectivity index (χ0v) is 15.3. The van der Waals surface area contributed by atoms with Crippen molar-refractivity contribution in [2.24, 2.45) is 5.92 Å². The number of ether oxygens (including phenoxy) is 1. The molecule has 0 N–H and O–H groups in total. The Bertz CT molecular complexity index is 742. The molecule has 0 saturated carbocycles. The third-order valence-corrected chi connectivity index (χ3v) is 4.70. The summed E-state index contributed by atoms with van der Waals surface area (Å²) in [6.07, 6.45) is 0.725. The largest absolute Gasteiger partial charge is 0.463 e. The summed E-state index contributed by atoms with van der Waals surface area (Å²) in [7, 11) is 0. The molecule has 2 aromatic rings. The fourth-order valence-electron chi connectivity index (χ4n) is 3.55. The first-order valence-electron chi connectivity index (χ1n) is 9.15. The Morgan fingerprint density at radius 2 is 1.69 bits per heavy atom. The van der Waals surface area contributed by atoms with Crippen LogP contribution in [-0.4, -0.2) is 22.9 Å². The zero-order chi connectivity index (χ0) is 18.5. The molecule has 1 saturated heterocycles. The average Bonchev–Trinajstić information content (AvgIpc) is 2.64. The summed E-state index contributed by atoms with van der Waals surface area (Å²) in [5.41, 5.74) is 2.03. The van der Waals surface area contributed by atoms with Crippen molar-refractivity contribution in [3.8, 4) is 0 Å². The lowest BCUT2D eigenvalue weighted by Crippen LogP contribution is -2.45. The van der Waals surface area contributed by atoms with Crippen molar-refractivity contribution in [3.05, 3.63) is 71.8 Å². The first kappa shape index (κ1) is 18.2. The van der Waals surface area contributed by atoms with Gasteiger partial charge >= 0.3 is 5.97 Å². The van der Waals surface area contributed by atoms with Crippen molar-refractivity contribution >= 4 is 11.9 Å². The second kappa shape index (κ2) is 8.17. The Morgan fingerprint density at radius 3 is 2.31 bits per heavy atom. The predicted octanol–water partition coefficient (Wildman–Crippen LogP) is 4.12. The van der Waals surface area contributed by atoms with Gasteiger partial charge in [0.2, 0.25) is 5.91 Å². The Balaban J connectivity index is 1.95. The molecule has 2 atom stereocenters. The third-order valence-electron chi connectivity index (χ3n) is 4.70. The van der Waals surface area contributed by atoms with Crippen molar-refractivity contribution in [2.45, 2.75) is 45.4 Å². The number of carbonyl (C=O) groups is 2. The first-order chi connectivity index (χ1) is 12.6. The van der Waals surface area contributed by atoms with Gasteiger partial charge in [0.1, 0.15) is 0 Å². The number of benzene rings is 2. The van der Waals surface area contributed by atoms with Crippen LogP contribution in [0.15, 0.2) is 60.7 Å². The SMILES string of the molecule is CC(C)OC(=O)C1CCC(=O)N(Cc2ccccc2)C1c1ccccc1. The molecule has 1 aliphatic rings. The molecule has 0 aliphatic carbocycles. The van der Waals surface area contributed by atoms with Gasteiger partial charge in [-0.25, -0.2) is 0 Å². The molecule has 26 heavy (non-hydrogen) atoms. The Kier molecular flexibility index (Phi) is 5.71. The van der Waals surface area contributed by atoms with Crippen LogP contribution in [0.5, 0.6) is 0 Å². The molecule has 3 rings (SSSR count). The number of piperidine rings is 1. The van der Waals surface area contributed by atoms with Crippen LogP contribution in [0.3, 0.4) is 0 Å². The maximum absolute atomic E-state index is 12.7. The highest BCUT2D eigenvalue weighted by Crippen LogP contribution is 2.38. The first-order valence-corrected chi connectivity index (χ1v) is 9.15. The van der Waals surface area contributed by atoms with E-state index >= 15 is 0 Å². The molecule has 2 unspecified atom stereocenters. The van der Waals surface area contributed by atoms with Crippen LogP contribution in [0.2, 0.25) is 0 Å². The number of hydrogen-bond donors (Lipinski definition) is 0. The number of amides is 1. The highest BCUT2D eigenvalue weighted by Gasteiger charge is 2.41. The van der Waals surface area contributed by atoms with Gasteiger partial charge in [-0.1, -0.05) is 60.7 Å². The summed E-state index contributed by atoms with van der Waals surface area (Å²) >= 11 is 0. The molecule has 0 aromatic heterocycles. The van der Waals surface area contributed by atoms with Gasteiger partial charge in [-0.15, -0.1) is 0 Å². The van der Waals surface area contributed by atoms with Crippen LogP contribution >= 0.6 is 0 Å². The van der Waals surface area contributed by atoms with Crippen LogP contribution in [-0.2, 0) is 20.9 Å². The Morgan fingerprint density at radius 1 is 1.08 bits per heavy atom. The summed E-state index contributed by atoms with van der Waals surface area (Å²) in [4.78, 5) is 27.3. The van der Waals surface area contributed by atoms with Crippen molar-refractivity contribution in [1.29, 1.82) is 0 Å². The van der Waals surface area contributed by atoms with E-state index in [1.807, 2.05) is 79.4 Å². The van der Waals surface area contributed by atoms with Crippen molar-refractivity contribution in [2.75, 3.05) is 0 Å². The number of likely N-dealkylation sites (tertiary alicyclic amines) is 1. The van der Waals surface area contributed by atoms with E-state index in [-0.39, 0.29) is 29.9 Å². The molecule has 4 heteroatoms. The summed E-state index contributed by atoms with van der Waals surface area (Å²) in [5.74, 6) is -0.489. The van der Waals surface area contributed by atoms with Crippen molar-refractivity contribution in [3.63, 3.8) is 0 Å². The topological polar surface area (TPSA) is 46.6 Å². The molecule has 4 nitrogen and oxygen atoms in total. The molecule has 136 valence electrons. The molecule has 1 fully saturated rings. The molecule has 0 spiro atoms. The highest BCUT2D eigenvalue weighted by atomic mass is 16.5. The zero-order valence-electron chi connectivity index (χ0n) is 15.3. The number of esters is 1. The Hall–Kier alpha value is -2.62. The molecule has 1 heterocycles. The fourth-order valence-corrected chi connectivity index (χ4v) is 3.55. The van der Waals surface area contributed by atoms with Crippen LogP contribution in [0.25, 0.3) is 0 Å². The normalized spacial score (nSPS) is 20.3. The summed E-state index contributed by atoms with van der Waals surface area (Å²) in [6.45, 7) is 4.20. The summed E-state index contributed by atoms with van der Waals surface area (Å²) in [6, 6.07) is 19.4. The number of rotatable bonds is 5. The smallest absolute Gasteiger partial charge is 0.311 e. The van der Waals surface area contributed by atoms with Crippen LogP contribution in [0.4, 0.5) is 0 Å². The van der Waals surface area contributed by atoms with E-state index in [1.54, 1.807) is 0 Å².